The van der Waals surface area contributed by atoms with Crippen LogP contribution in [0.5, 0.6) is 5.75 Å². The summed E-state index contributed by atoms with van der Waals surface area (Å²) in [5.74, 6) is -1.21. The van der Waals surface area contributed by atoms with Crippen LogP contribution in [0.25, 0.3) is 16.8 Å². The summed E-state index contributed by atoms with van der Waals surface area (Å²) in [7, 11) is 1.10. The van der Waals surface area contributed by atoms with Crippen LogP contribution in [0.3, 0.4) is 0 Å². The van der Waals surface area contributed by atoms with E-state index in [1.54, 1.807) is 17.5 Å². The number of rotatable bonds is 8. The number of halogens is 6. The van der Waals surface area contributed by atoms with Gasteiger partial charge in [0, 0.05) is 49.6 Å². The van der Waals surface area contributed by atoms with Gasteiger partial charge in [-0.25, -0.2) is 18.7 Å². The number of benzene rings is 1. The topological polar surface area (TPSA) is 133 Å². The van der Waals surface area contributed by atoms with Crippen LogP contribution < -0.4 is 15.8 Å². The molecule has 3 aromatic heterocycles. The largest absolute Gasteiger partial charge is 0.493 e. The van der Waals surface area contributed by atoms with Gasteiger partial charge in [-0.1, -0.05) is 11.6 Å². The number of anilines is 2. The van der Waals surface area contributed by atoms with Gasteiger partial charge < -0.3 is 20.7 Å². The van der Waals surface area contributed by atoms with Crippen LogP contribution in [0.1, 0.15) is 67.3 Å². The van der Waals surface area contributed by atoms with Gasteiger partial charge in [-0.05, 0) is 51.7 Å². The fraction of sp³-hybridized carbons (Fsp3) is 0.452. The third-order valence-electron chi connectivity index (χ3n) is 9.03. The molecule has 0 spiro atoms. The lowest BCUT2D eigenvalue weighted by Crippen LogP contribution is -2.49. The Morgan fingerprint density at radius 2 is 1.94 bits per heavy atom. The molecule has 2 amide bonds. The molecule has 48 heavy (non-hydrogen) atoms. The monoisotopic (exact) mass is 694 g/mol. The molecule has 1 aliphatic carbocycles. The van der Waals surface area contributed by atoms with E-state index in [4.69, 9.17) is 27.1 Å². The molecule has 0 unspecified atom stereocenters. The van der Waals surface area contributed by atoms with Crippen molar-refractivity contribution in [2.45, 2.75) is 64.1 Å². The zero-order valence-corrected chi connectivity index (χ0v) is 26.9. The molecule has 0 bridgehead atoms. The van der Waals surface area contributed by atoms with Crippen molar-refractivity contribution >= 4 is 40.6 Å². The number of fused-ring (bicyclic) bond motifs is 1. The Morgan fingerprint density at radius 3 is 2.56 bits per heavy atom. The summed E-state index contributed by atoms with van der Waals surface area (Å²) in [6.45, 7) is 3.92. The van der Waals surface area contributed by atoms with Crippen LogP contribution in [-0.4, -0.2) is 66.5 Å². The van der Waals surface area contributed by atoms with Crippen molar-refractivity contribution in [3.8, 4) is 17.0 Å². The smallest absolute Gasteiger partial charge is 0.433 e. The maximum atomic E-state index is 13.9. The summed E-state index contributed by atoms with van der Waals surface area (Å²) in [4.78, 5) is 37.2. The molecule has 4 heterocycles. The maximum absolute atomic E-state index is 13.9. The number of piperidine rings is 1. The Morgan fingerprint density at radius 1 is 1.21 bits per heavy atom. The fourth-order valence-corrected chi connectivity index (χ4v) is 6.52. The molecule has 6 rings (SSSR count). The SMILES string of the molecule is CCOc1cc(C(=O)Nc2cc(C(F)(F)F)n(C)n2)c(Cl)cc1-c1nc([C@@H]2CC[C@@H](C)N(C(=O)C3(C(F)F)CC3)C2)n2ccnc(N)c12. The number of likely N-dealkylation sites (tertiary alicyclic amines) is 1. The average molecular weight is 695 g/mol. The van der Waals surface area contributed by atoms with Crippen molar-refractivity contribution in [1.82, 2.24) is 29.0 Å². The molecule has 2 fully saturated rings. The van der Waals surface area contributed by atoms with Crippen molar-refractivity contribution in [2.75, 3.05) is 24.2 Å². The minimum atomic E-state index is -4.68. The average Bonchev–Trinajstić information content (AvgIpc) is 3.63. The van der Waals surface area contributed by atoms with E-state index in [1.165, 1.54) is 23.2 Å². The molecule has 17 heteroatoms. The zero-order chi connectivity index (χ0) is 34.7. The van der Waals surface area contributed by atoms with Crippen molar-refractivity contribution in [3.05, 3.63) is 52.7 Å². The number of ether oxygens (including phenoxy) is 1. The standard InChI is InChI=1S/C31H32ClF5N8O3/c1-4-48-20-12-17(27(46)40-22-13-21(31(35,36)37)43(3)42-22)19(32)11-18(20)23-24-25(38)39-9-10-44(24)26(41-23)16-6-5-15(2)45(14-16)29(47)30(7-8-30)28(33)34/h9-13,15-16,28H,4-8,14H2,1-3H3,(H2,38,39)(H,40,42,46)/t15-,16-/m1/s1. The molecule has 2 aliphatic rings. The van der Waals surface area contributed by atoms with Crippen LogP contribution in [-0.2, 0) is 18.0 Å². The minimum absolute atomic E-state index is 0.0620. The van der Waals surface area contributed by atoms with Crippen LogP contribution in [0.15, 0.2) is 30.6 Å². The highest BCUT2D eigenvalue weighted by atomic mass is 35.5. The summed E-state index contributed by atoms with van der Waals surface area (Å²) < 4.78 is 75.8. The van der Waals surface area contributed by atoms with Crippen LogP contribution >= 0.6 is 11.6 Å². The Hall–Kier alpha value is -4.47. The highest BCUT2D eigenvalue weighted by Gasteiger charge is 2.59. The molecule has 1 aromatic carbocycles. The number of nitrogens with zero attached hydrogens (tertiary/aromatic N) is 6. The van der Waals surface area contributed by atoms with E-state index in [0.717, 1.165) is 7.05 Å². The Kier molecular flexibility index (Phi) is 8.50. The molecule has 256 valence electrons. The number of alkyl halides is 5. The predicted octanol–water partition coefficient (Wildman–Crippen LogP) is 6.18. The van der Waals surface area contributed by atoms with Crippen molar-refractivity contribution in [1.29, 1.82) is 0 Å². The van der Waals surface area contributed by atoms with Gasteiger partial charge in [0.1, 0.15) is 39.7 Å². The van der Waals surface area contributed by atoms with Crippen LogP contribution in [0.4, 0.5) is 33.6 Å². The highest BCUT2D eigenvalue weighted by molar-refractivity contribution is 6.35. The van der Waals surface area contributed by atoms with Gasteiger partial charge in [0.15, 0.2) is 5.82 Å². The van der Waals surface area contributed by atoms with Gasteiger partial charge in [-0.3, -0.25) is 18.7 Å². The van der Waals surface area contributed by atoms with E-state index >= 15 is 0 Å². The lowest BCUT2D eigenvalue weighted by molar-refractivity contribution is -0.147. The van der Waals surface area contributed by atoms with Gasteiger partial charge in [0.25, 0.3) is 12.3 Å². The van der Waals surface area contributed by atoms with E-state index in [-0.39, 0.29) is 65.9 Å². The first-order valence-electron chi connectivity index (χ1n) is 15.3. The third kappa shape index (κ3) is 5.79. The van der Waals surface area contributed by atoms with Gasteiger partial charge in [0.2, 0.25) is 5.91 Å². The number of hydrogen-bond acceptors (Lipinski definition) is 7. The van der Waals surface area contributed by atoms with E-state index in [2.05, 4.69) is 15.4 Å². The number of nitrogens with two attached hydrogens (primary N) is 1. The zero-order valence-electron chi connectivity index (χ0n) is 26.1. The van der Waals surface area contributed by atoms with E-state index in [0.29, 0.717) is 46.2 Å². The maximum Gasteiger partial charge on any atom is 0.433 e. The van der Waals surface area contributed by atoms with E-state index < -0.39 is 35.5 Å². The second kappa shape index (κ2) is 12.2. The quantitative estimate of drug-likeness (QED) is 0.211. The number of aromatic nitrogens is 5. The van der Waals surface area contributed by atoms with Gasteiger partial charge >= 0.3 is 6.18 Å². The molecule has 4 aromatic rings. The molecule has 3 N–H and O–H groups in total. The molecule has 1 saturated carbocycles. The third-order valence-corrected chi connectivity index (χ3v) is 9.34. The summed E-state index contributed by atoms with van der Waals surface area (Å²) in [5, 5.41) is 6.01. The van der Waals surface area contributed by atoms with Gasteiger partial charge in [-0.15, -0.1) is 0 Å². The van der Waals surface area contributed by atoms with Crippen molar-refractivity contribution in [2.24, 2.45) is 12.5 Å². The van der Waals surface area contributed by atoms with Gasteiger partial charge in [-0.2, -0.15) is 18.3 Å². The first-order chi connectivity index (χ1) is 22.7. The number of amides is 2. The fourth-order valence-electron chi connectivity index (χ4n) is 6.27. The minimum Gasteiger partial charge on any atom is -0.493 e. The molecular weight excluding hydrogens is 663 g/mol. The van der Waals surface area contributed by atoms with Crippen LogP contribution in [0, 0.1) is 5.41 Å². The summed E-state index contributed by atoms with van der Waals surface area (Å²) in [5.41, 5.74) is 4.65. The molecule has 11 nitrogen and oxygen atoms in total. The number of aryl methyl sites for hydroxylation is 1. The van der Waals surface area contributed by atoms with E-state index in [9.17, 15) is 31.5 Å². The molecule has 1 saturated heterocycles. The Labute approximate surface area is 276 Å². The number of nitrogen functional groups attached to an aromatic ring is 1. The second-order valence-electron chi connectivity index (χ2n) is 12.1. The van der Waals surface area contributed by atoms with Gasteiger partial charge in [0.05, 0.1) is 17.2 Å². The number of hydrogen-bond donors (Lipinski definition) is 2. The lowest BCUT2D eigenvalue weighted by atomic mass is 9.91. The van der Waals surface area contributed by atoms with Crippen molar-refractivity contribution < 1.29 is 36.3 Å². The molecule has 0 radical (unpaired) electrons. The number of carbonyl (C=O) groups is 2. The lowest BCUT2D eigenvalue weighted by Gasteiger charge is -2.39. The molecular formula is C31H32ClF5N8O3. The van der Waals surface area contributed by atoms with Crippen molar-refractivity contribution in [3.63, 3.8) is 0 Å². The first-order valence-corrected chi connectivity index (χ1v) is 15.6. The second-order valence-corrected chi connectivity index (χ2v) is 12.5. The highest BCUT2D eigenvalue weighted by Crippen LogP contribution is 2.53. The Balaban J connectivity index is 1.37. The first kappa shape index (κ1) is 33.4. The summed E-state index contributed by atoms with van der Waals surface area (Å²) >= 11 is 6.60. The summed E-state index contributed by atoms with van der Waals surface area (Å²) in [6, 6.07) is 3.27. The molecule has 2 atom stereocenters. The number of imidazole rings is 1. The number of nitrogens with one attached hydrogen (secondary N) is 1. The molecule has 1 aliphatic heterocycles. The number of carbonyl (C=O) groups excluding carboxylic acids is 2. The normalized spacial score (nSPS) is 19.2. The predicted molar refractivity (Wildman–Crippen MR) is 166 cm³/mol. The Bertz CT molecular complexity index is 1900. The summed E-state index contributed by atoms with van der Waals surface area (Å²) in [6.07, 6.45) is -2.76. The van der Waals surface area contributed by atoms with E-state index in [1.807, 2.05) is 6.92 Å². The van der Waals surface area contributed by atoms with Crippen LogP contribution in [0.2, 0.25) is 5.02 Å².